The number of rotatable bonds is 8. The lowest BCUT2D eigenvalue weighted by Gasteiger charge is -2.28. The van der Waals surface area contributed by atoms with E-state index in [1.165, 1.54) is 0 Å². The van der Waals surface area contributed by atoms with Crippen LogP contribution in [0.3, 0.4) is 0 Å². The molecule has 0 aromatic rings. The first-order valence-corrected chi connectivity index (χ1v) is 5.75. The molecule has 1 unspecified atom stereocenters. The summed E-state index contributed by atoms with van der Waals surface area (Å²) < 4.78 is 5.78. The van der Waals surface area contributed by atoms with Crippen molar-refractivity contribution >= 4 is 5.97 Å². The van der Waals surface area contributed by atoms with Crippen LogP contribution in [0.2, 0.25) is 0 Å². The zero-order valence-electron chi connectivity index (χ0n) is 10.4. The van der Waals surface area contributed by atoms with Gasteiger partial charge in [0.1, 0.15) is 0 Å². The molecule has 1 atom stereocenters. The molecule has 3 nitrogen and oxygen atoms in total. The van der Waals surface area contributed by atoms with Crippen LogP contribution in [-0.4, -0.2) is 23.3 Å². The summed E-state index contributed by atoms with van der Waals surface area (Å²) in [7, 11) is 0. The van der Waals surface area contributed by atoms with E-state index in [9.17, 15) is 4.79 Å². The van der Waals surface area contributed by atoms with Crippen LogP contribution < -0.4 is 0 Å². The van der Waals surface area contributed by atoms with E-state index in [0.29, 0.717) is 12.3 Å². The van der Waals surface area contributed by atoms with Gasteiger partial charge in [-0.15, -0.1) is 0 Å². The molecular formula is C12H24O3. The van der Waals surface area contributed by atoms with Gasteiger partial charge in [-0.25, -0.2) is 0 Å². The van der Waals surface area contributed by atoms with Crippen LogP contribution in [-0.2, 0) is 9.53 Å². The molecule has 0 bridgehead atoms. The van der Waals surface area contributed by atoms with Crippen LogP contribution in [0.25, 0.3) is 0 Å². The summed E-state index contributed by atoms with van der Waals surface area (Å²) in [6, 6.07) is 0. The quantitative estimate of drug-likeness (QED) is 0.678. The molecule has 0 rings (SSSR count). The van der Waals surface area contributed by atoms with Gasteiger partial charge in [0.15, 0.2) is 0 Å². The zero-order chi connectivity index (χ0) is 11.9. The summed E-state index contributed by atoms with van der Waals surface area (Å²) in [5.41, 5.74) is -0.271. The predicted molar refractivity (Wildman–Crippen MR) is 61.0 cm³/mol. The van der Waals surface area contributed by atoms with Crippen LogP contribution in [0.4, 0.5) is 0 Å². The van der Waals surface area contributed by atoms with Gasteiger partial charge in [0, 0.05) is 13.0 Å². The summed E-state index contributed by atoms with van der Waals surface area (Å²) in [5, 5.41) is 8.63. The van der Waals surface area contributed by atoms with Gasteiger partial charge in [0.2, 0.25) is 0 Å². The second kappa shape index (κ2) is 6.83. The monoisotopic (exact) mass is 216 g/mol. The van der Waals surface area contributed by atoms with Crippen molar-refractivity contribution in [2.75, 3.05) is 6.61 Å². The van der Waals surface area contributed by atoms with Gasteiger partial charge in [0.05, 0.1) is 5.60 Å². The molecule has 0 spiro atoms. The average molecular weight is 216 g/mol. The maximum absolute atomic E-state index is 10.5. The summed E-state index contributed by atoms with van der Waals surface area (Å²) in [6.07, 6.45) is 2.67. The molecule has 0 aromatic carbocycles. The van der Waals surface area contributed by atoms with Gasteiger partial charge in [-0.1, -0.05) is 20.8 Å². The van der Waals surface area contributed by atoms with E-state index in [4.69, 9.17) is 9.84 Å². The summed E-state index contributed by atoms with van der Waals surface area (Å²) in [5.74, 6) is -0.118. The van der Waals surface area contributed by atoms with E-state index in [0.717, 1.165) is 19.4 Å². The average Bonchev–Trinajstić information content (AvgIpc) is 2.14. The molecule has 0 aliphatic carbocycles. The van der Waals surface area contributed by atoms with Crippen molar-refractivity contribution in [2.45, 2.75) is 59.0 Å². The van der Waals surface area contributed by atoms with Gasteiger partial charge >= 0.3 is 5.97 Å². The first kappa shape index (κ1) is 14.4. The highest BCUT2D eigenvalue weighted by molar-refractivity contribution is 5.66. The first-order chi connectivity index (χ1) is 6.89. The molecule has 0 aliphatic heterocycles. The summed E-state index contributed by atoms with van der Waals surface area (Å²) >= 11 is 0. The van der Waals surface area contributed by atoms with Gasteiger partial charge in [0.25, 0.3) is 0 Å². The molecule has 0 heterocycles. The van der Waals surface area contributed by atoms with Gasteiger partial charge in [-0.3, -0.25) is 4.79 Å². The van der Waals surface area contributed by atoms with Crippen molar-refractivity contribution in [3.8, 4) is 0 Å². The highest BCUT2D eigenvalue weighted by atomic mass is 16.5. The molecule has 1 N–H and O–H groups in total. The Hall–Kier alpha value is -0.570. The Bertz CT molecular complexity index is 189. The normalized spacial score (nSPS) is 15.3. The predicted octanol–water partition coefficient (Wildman–Crippen LogP) is 3.08. The third-order valence-corrected chi connectivity index (χ3v) is 2.76. The molecule has 90 valence electrons. The lowest BCUT2D eigenvalue weighted by molar-refractivity contribution is -0.139. The van der Waals surface area contributed by atoms with Crippen LogP contribution in [0.5, 0.6) is 0 Å². The zero-order valence-corrected chi connectivity index (χ0v) is 10.4. The van der Waals surface area contributed by atoms with Crippen LogP contribution in [0.1, 0.15) is 53.4 Å². The fraction of sp³-hybridized carbons (Fsp3) is 0.917. The van der Waals surface area contributed by atoms with E-state index < -0.39 is 5.97 Å². The number of hydrogen-bond donors (Lipinski definition) is 1. The highest BCUT2D eigenvalue weighted by Gasteiger charge is 2.23. The molecule has 0 amide bonds. The van der Waals surface area contributed by atoms with Gasteiger partial charge < -0.3 is 9.84 Å². The smallest absolute Gasteiger partial charge is 0.303 e. The lowest BCUT2D eigenvalue weighted by Crippen LogP contribution is -2.29. The molecule has 15 heavy (non-hydrogen) atoms. The van der Waals surface area contributed by atoms with E-state index >= 15 is 0 Å². The van der Waals surface area contributed by atoms with E-state index in [1.54, 1.807) is 0 Å². The Balaban J connectivity index is 3.90. The van der Waals surface area contributed by atoms with E-state index in [2.05, 4.69) is 13.8 Å². The largest absolute Gasteiger partial charge is 0.481 e. The fourth-order valence-corrected chi connectivity index (χ4v) is 1.26. The minimum absolute atomic E-state index is 0.187. The molecule has 0 aliphatic rings. The fourth-order valence-electron chi connectivity index (χ4n) is 1.26. The number of hydrogen-bond acceptors (Lipinski definition) is 2. The second-order valence-electron chi connectivity index (χ2n) is 4.73. The molecule has 0 saturated carbocycles. The Kier molecular flexibility index (Phi) is 6.57. The highest BCUT2D eigenvalue weighted by Crippen LogP contribution is 2.22. The Labute approximate surface area is 92.8 Å². The topological polar surface area (TPSA) is 46.5 Å². The van der Waals surface area contributed by atoms with Crippen LogP contribution in [0, 0.1) is 5.92 Å². The third kappa shape index (κ3) is 7.37. The van der Waals surface area contributed by atoms with Gasteiger partial charge in [-0.2, -0.15) is 0 Å². The number of carbonyl (C=O) groups is 1. The number of carboxylic acid groups (broad SMARTS) is 1. The van der Waals surface area contributed by atoms with Crippen molar-refractivity contribution in [3.63, 3.8) is 0 Å². The maximum atomic E-state index is 10.5. The molecule has 0 aromatic heterocycles. The van der Waals surface area contributed by atoms with Crippen LogP contribution >= 0.6 is 0 Å². The van der Waals surface area contributed by atoms with E-state index in [-0.39, 0.29) is 12.0 Å². The number of carboxylic acids is 1. The first-order valence-electron chi connectivity index (χ1n) is 5.75. The summed E-state index contributed by atoms with van der Waals surface area (Å²) in [4.78, 5) is 10.5. The van der Waals surface area contributed by atoms with Crippen molar-refractivity contribution < 1.29 is 14.6 Å². The van der Waals surface area contributed by atoms with Gasteiger partial charge in [-0.05, 0) is 32.1 Å². The van der Waals surface area contributed by atoms with E-state index in [1.807, 2.05) is 13.8 Å². The number of ether oxygens (including phenoxy) is 1. The Morgan fingerprint density at radius 2 is 2.07 bits per heavy atom. The standard InChI is InChI=1S/C12H24O3/c1-5-12(4,8-6-11(13)14)15-9-7-10(2)3/h10H,5-9H2,1-4H3,(H,13,14). The molecule has 0 saturated heterocycles. The van der Waals surface area contributed by atoms with Crippen molar-refractivity contribution in [3.05, 3.63) is 0 Å². The minimum atomic E-state index is -0.748. The third-order valence-electron chi connectivity index (χ3n) is 2.76. The number of aliphatic carboxylic acids is 1. The minimum Gasteiger partial charge on any atom is -0.481 e. The Morgan fingerprint density at radius 3 is 2.47 bits per heavy atom. The van der Waals surface area contributed by atoms with Crippen molar-refractivity contribution in [1.29, 1.82) is 0 Å². The van der Waals surface area contributed by atoms with Crippen molar-refractivity contribution in [2.24, 2.45) is 5.92 Å². The second-order valence-corrected chi connectivity index (χ2v) is 4.73. The van der Waals surface area contributed by atoms with Crippen LogP contribution in [0.15, 0.2) is 0 Å². The molecule has 0 fully saturated rings. The maximum Gasteiger partial charge on any atom is 0.303 e. The van der Waals surface area contributed by atoms with Crippen molar-refractivity contribution in [1.82, 2.24) is 0 Å². The SMILES string of the molecule is CCC(C)(CCC(=O)O)OCCC(C)C. The molecular weight excluding hydrogens is 192 g/mol. The molecule has 3 heteroatoms. The summed E-state index contributed by atoms with van der Waals surface area (Å²) in [6.45, 7) is 9.07. The molecule has 0 radical (unpaired) electrons. The Morgan fingerprint density at radius 1 is 1.47 bits per heavy atom. The lowest BCUT2D eigenvalue weighted by atomic mass is 9.96.